The lowest BCUT2D eigenvalue weighted by atomic mass is 10.0. The van der Waals surface area contributed by atoms with Gasteiger partial charge in [-0.3, -0.25) is 9.36 Å². The maximum atomic E-state index is 13.5. The van der Waals surface area contributed by atoms with E-state index in [0.717, 1.165) is 38.0 Å². The van der Waals surface area contributed by atoms with E-state index in [1.165, 1.54) is 0 Å². The highest BCUT2D eigenvalue weighted by molar-refractivity contribution is 7.19. The van der Waals surface area contributed by atoms with Crippen LogP contribution in [0.2, 0.25) is 0 Å². The third-order valence-electron chi connectivity index (χ3n) is 4.89. The topological polar surface area (TPSA) is 67.9 Å². The average Bonchev–Trinajstić information content (AvgIpc) is 2.99. The Kier molecular flexibility index (Phi) is 5.85. The van der Waals surface area contributed by atoms with Crippen LogP contribution in [0, 0.1) is 25.2 Å². The van der Waals surface area contributed by atoms with Gasteiger partial charge < -0.3 is 4.74 Å². The first kappa shape index (κ1) is 20.1. The summed E-state index contributed by atoms with van der Waals surface area (Å²) in [5.74, 6) is 1.75. The van der Waals surface area contributed by atoms with E-state index < -0.39 is 0 Å². The van der Waals surface area contributed by atoms with Crippen LogP contribution >= 0.6 is 11.3 Å². The summed E-state index contributed by atoms with van der Waals surface area (Å²) in [6, 6.07) is 8.15. The predicted octanol–water partition coefficient (Wildman–Crippen LogP) is 5.18. The normalized spacial score (nSPS) is 11.2. The summed E-state index contributed by atoms with van der Waals surface area (Å²) < 4.78 is 7.13. The van der Waals surface area contributed by atoms with Crippen molar-refractivity contribution in [3.63, 3.8) is 0 Å². The zero-order valence-electron chi connectivity index (χ0n) is 17.0. The molecule has 0 fully saturated rings. The predicted molar refractivity (Wildman–Crippen MR) is 114 cm³/mol. The van der Waals surface area contributed by atoms with Crippen molar-refractivity contribution in [2.24, 2.45) is 0 Å². The van der Waals surface area contributed by atoms with Crippen LogP contribution < -0.4 is 10.3 Å². The van der Waals surface area contributed by atoms with Gasteiger partial charge in [0.2, 0.25) is 0 Å². The van der Waals surface area contributed by atoms with E-state index in [2.05, 4.69) is 12.1 Å². The SMILES string of the molecule is COc1ccc(-c2c(C)sc3nc(C(C)C)n(CCCC#N)c(=O)c23)cc1C. The lowest BCUT2D eigenvalue weighted by molar-refractivity contribution is 0.412. The molecule has 2 heterocycles. The zero-order chi connectivity index (χ0) is 20.4. The molecule has 0 radical (unpaired) electrons. The van der Waals surface area contributed by atoms with Crippen LogP contribution in [0.5, 0.6) is 5.75 Å². The minimum Gasteiger partial charge on any atom is -0.496 e. The molecule has 0 atom stereocenters. The van der Waals surface area contributed by atoms with E-state index in [9.17, 15) is 4.79 Å². The second-order valence-corrected chi connectivity index (χ2v) is 8.44. The van der Waals surface area contributed by atoms with Crippen LogP contribution in [0.15, 0.2) is 23.0 Å². The van der Waals surface area contributed by atoms with Crippen molar-refractivity contribution in [3.05, 3.63) is 44.8 Å². The second kappa shape index (κ2) is 8.15. The Bertz CT molecular complexity index is 1120. The molecule has 2 aromatic heterocycles. The summed E-state index contributed by atoms with van der Waals surface area (Å²) in [5.41, 5.74) is 2.97. The number of aryl methyl sites for hydroxylation is 2. The third kappa shape index (κ3) is 3.55. The Hall–Kier alpha value is -2.65. The Labute approximate surface area is 169 Å². The largest absolute Gasteiger partial charge is 0.496 e. The molecular weight excluding hydrogens is 370 g/mol. The fourth-order valence-corrected chi connectivity index (χ4v) is 4.61. The van der Waals surface area contributed by atoms with Gasteiger partial charge in [-0.05, 0) is 43.5 Å². The zero-order valence-corrected chi connectivity index (χ0v) is 17.8. The van der Waals surface area contributed by atoms with Gasteiger partial charge >= 0.3 is 0 Å². The quantitative estimate of drug-likeness (QED) is 0.540. The number of ether oxygens (including phenoxy) is 1. The van der Waals surface area contributed by atoms with Gasteiger partial charge in [-0.1, -0.05) is 19.9 Å². The van der Waals surface area contributed by atoms with Crippen molar-refractivity contribution in [3.8, 4) is 22.9 Å². The first-order valence-corrected chi connectivity index (χ1v) is 10.3. The minimum absolute atomic E-state index is 0.0144. The van der Waals surface area contributed by atoms with E-state index in [0.29, 0.717) is 24.8 Å². The highest BCUT2D eigenvalue weighted by atomic mass is 32.1. The number of unbranched alkanes of at least 4 members (excludes halogenated alkanes) is 1. The number of nitriles is 1. The molecule has 0 aliphatic carbocycles. The molecule has 0 unspecified atom stereocenters. The smallest absolute Gasteiger partial charge is 0.262 e. The van der Waals surface area contributed by atoms with Gasteiger partial charge in [-0.2, -0.15) is 5.26 Å². The summed E-state index contributed by atoms with van der Waals surface area (Å²) in [6.45, 7) is 8.64. The van der Waals surface area contributed by atoms with E-state index in [4.69, 9.17) is 15.0 Å². The van der Waals surface area contributed by atoms with Crippen LogP contribution in [-0.4, -0.2) is 16.7 Å². The molecule has 146 valence electrons. The van der Waals surface area contributed by atoms with Crippen LogP contribution in [0.3, 0.4) is 0 Å². The Balaban J connectivity index is 2.26. The second-order valence-electron chi connectivity index (χ2n) is 7.24. The van der Waals surface area contributed by atoms with Crippen molar-refractivity contribution < 1.29 is 4.74 Å². The summed E-state index contributed by atoms with van der Waals surface area (Å²) in [4.78, 5) is 20.2. The number of fused-ring (bicyclic) bond motifs is 1. The molecule has 5 nitrogen and oxygen atoms in total. The maximum absolute atomic E-state index is 13.5. The summed E-state index contributed by atoms with van der Waals surface area (Å²) in [5, 5.41) is 9.54. The van der Waals surface area contributed by atoms with Crippen molar-refractivity contribution in [1.82, 2.24) is 9.55 Å². The van der Waals surface area contributed by atoms with Crippen molar-refractivity contribution >= 4 is 21.6 Å². The lowest BCUT2D eigenvalue weighted by Crippen LogP contribution is -2.26. The molecule has 0 saturated carbocycles. The van der Waals surface area contributed by atoms with Crippen LogP contribution in [0.25, 0.3) is 21.3 Å². The molecular formula is C22H25N3O2S. The molecule has 6 heteroatoms. The summed E-state index contributed by atoms with van der Waals surface area (Å²) in [7, 11) is 1.66. The molecule has 0 aliphatic rings. The summed E-state index contributed by atoms with van der Waals surface area (Å²) in [6.07, 6.45) is 1.07. The fourth-order valence-electron chi connectivity index (χ4n) is 3.57. The van der Waals surface area contributed by atoms with E-state index >= 15 is 0 Å². The Morgan fingerprint density at radius 2 is 2.07 bits per heavy atom. The van der Waals surface area contributed by atoms with Gasteiger partial charge in [0.1, 0.15) is 16.4 Å². The average molecular weight is 396 g/mol. The lowest BCUT2D eigenvalue weighted by Gasteiger charge is -2.15. The van der Waals surface area contributed by atoms with E-state index in [1.807, 2.05) is 39.8 Å². The Morgan fingerprint density at radius 3 is 2.68 bits per heavy atom. The van der Waals surface area contributed by atoms with Crippen LogP contribution in [0.1, 0.15) is 48.9 Å². The van der Waals surface area contributed by atoms with Crippen LogP contribution in [-0.2, 0) is 6.54 Å². The Morgan fingerprint density at radius 1 is 1.32 bits per heavy atom. The number of hydrogen-bond donors (Lipinski definition) is 0. The number of aromatic nitrogens is 2. The van der Waals surface area contributed by atoms with Crippen molar-refractivity contribution in [2.75, 3.05) is 7.11 Å². The molecule has 0 aliphatic heterocycles. The van der Waals surface area contributed by atoms with Gasteiger partial charge in [0, 0.05) is 29.3 Å². The van der Waals surface area contributed by atoms with Gasteiger partial charge in [-0.25, -0.2) is 4.98 Å². The molecule has 1 aromatic carbocycles. The minimum atomic E-state index is -0.0144. The van der Waals surface area contributed by atoms with E-state index in [-0.39, 0.29) is 11.5 Å². The van der Waals surface area contributed by atoms with Crippen molar-refractivity contribution in [2.45, 2.75) is 53.0 Å². The monoisotopic (exact) mass is 395 g/mol. The summed E-state index contributed by atoms with van der Waals surface area (Å²) >= 11 is 1.56. The van der Waals surface area contributed by atoms with Gasteiger partial charge in [-0.15, -0.1) is 11.3 Å². The molecule has 0 spiro atoms. The molecule has 3 aromatic rings. The molecule has 3 rings (SSSR count). The highest BCUT2D eigenvalue weighted by Gasteiger charge is 2.21. The first-order chi connectivity index (χ1) is 13.4. The number of nitrogens with zero attached hydrogens (tertiary/aromatic N) is 3. The standard InChI is InChI=1S/C22H25N3O2S/c1-13(2)20-24-21-19(22(26)25(20)11-7-6-10-23)18(15(4)28-21)16-8-9-17(27-5)14(3)12-16/h8-9,12-13H,6-7,11H2,1-5H3. The molecule has 0 amide bonds. The fraction of sp³-hybridized carbons (Fsp3) is 0.409. The van der Waals surface area contributed by atoms with Gasteiger partial charge in [0.15, 0.2) is 0 Å². The number of benzene rings is 1. The third-order valence-corrected chi connectivity index (χ3v) is 5.89. The number of rotatable bonds is 6. The number of methoxy groups -OCH3 is 1. The molecule has 28 heavy (non-hydrogen) atoms. The first-order valence-electron chi connectivity index (χ1n) is 9.44. The molecule has 0 saturated heterocycles. The van der Waals surface area contributed by atoms with Gasteiger partial charge in [0.25, 0.3) is 5.56 Å². The molecule has 0 bridgehead atoms. The number of hydrogen-bond acceptors (Lipinski definition) is 5. The highest BCUT2D eigenvalue weighted by Crippen LogP contribution is 2.37. The molecule has 0 N–H and O–H groups in total. The van der Waals surface area contributed by atoms with Gasteiger partial charge in [0.05, 0.1) is 18.6 Å². The van der Waals surface area contributed by atoms with E-state index in [1.54, 1.807) is 23.0 Å². The van der Waals surface area contributed by atoms with Crippen LogP contribution in [0.4, 0.5) is 0 Å². The maximum Gasteiger partial charge on any atom is 0.262 e. The number of thiophene rings is 1. The van der Waals surface area contributed by atoms with Crippen molar-refractivity contribution in [1.29, 1.82) is 5.26 Å².